The second-order valence-electron chi connectivity index (χ2n) is 24.2. The summed E-state index contributed by atoms with van der Waals surface area (Å²) in [5.74, 6) is 1.33. The van der Waals surface area contributed by atoms with Crippen molar-refractivity contribution in [3.05, 3.63) is 266 Å². The largest absolute Gasteiger partial charge is 0.289 e. The van der Waals surface area contributed by atoms with Crippen LogP contribution in [0.5, 0.6) is 0 Å². The molecule has 1 aliphatic rings. The molecule has 9 aromatic heterocycles. The third-order valence-electron chi connectivity index (χ3n) is 19.2. The van der Waals surface area contributed by atoms with Crippen LogP contribution in [0.3, 0.4) is 0 Å². The standard InChI is InChI=1S/C79H48N10/c1-79(2)62-27-11-5-19-50(62)51-39-38-48(43-63(51)79)70-57-23-6-12-28-64(57)81-78(83-70)89-68-32-16-10-25-59(68)72-77(89)85-75-56-40-37-47(42-61(56)53-21-8-14-30-66(53)88(72)75)45-33-35-46(36-34-45)60-44-69(82-73-54(60)26-17-41-80-73)86-67-31-15-9-24-58(67)71-76(86)84-74-55-22-4-3-18-49(55)52-20-7-13-29-65(52)87(71)74/h3-44H,1-2H3. The number of fused-ring (bicyclic) bond motifs is 25. The van der Waals surface area contributed by atoms with Crippen molar-refractivity contribution in [3.8, 4) is 56.4 Å². The van der Waals surface area contributed by atoms with Gasteiger partial charge < -0.3 is 0 Å². The lowest BCUT2D eigenvalue weighted by Crippen LogP contribution is -2.15. The molecule has 10 heteroatoms. The molecule has 414 valence electrons. The normalized spacial score (nSPS) is 13.1. The molecule has 0 bridgehead atoms. The summed E-state index contributed by atoms with van der Waals surface area (Å²) in [4.78, 5) is 32.3. The Morgan fingerprint density at radius 3 is 1.60 bits per heavy atom. The smallest absolute Gasteiger partial charge is 0.237 e. The third kappa shape index (κ3) is 6.58. The summed E-state index contributed by atoms with van der Waals surface area (Å²) in [5, 5.41) is 10.9. The van der Waals surface area contributed by atoms with E-state index in [0.717, 1.165) is 144 Å². The van der Waals surface area contributed by atoms with E-state index < -0.39 is 0 Å². The Kier molecular flexibility index (Phi) is 9.58. The number of aromatic nitrogens is 10. The van der Waals surface area contributed by atoms with Gasteiger partial charge in [0.05, 0.1) is 33.3 Å². The van der Waals surface area contributed by atoms with Crippen molar-refractivity contribution in [1.82, 2.24) is 47.8 Å². The molecule has 0 saturated carbocycles. The molecule has 10 nitrogen and oxygen atoms in total. The van der Waals surface area contributed by atoms with Crippen molar-refractivity contribution >= 4 is 121 Å². The minimum absolute atomic E-state index is 0.163. The van der Waals surface area contributed by atoms with Crippen molar-refractivity contribution in [2.45, 2.75) is 19.3 Å². The minimum atomic E-state index is -0.163. The van der Waals surface area contributed by atoms with Crippen LogP contribution in [0.4, 0.5) is 0 Å². The molecule has 19 aromatic rings. The molecule has 0 amide bonds. The summed E-state index contributed by atoms with van der Waals surface area (Å²) >= 11 is 0. The zero-order valence-corrected chi connectivity index (χ0v) is 48.2. The average molecular weight is 1140 g/mol. The van der Waals surface area contributed by atoms with E-state index in [0.29, 0.717) is 11.6 Å². The van der Waals surface area contributed by atoms with Crippen LogP contribution in [0.25, 0.3) is 177 Å². The third-order valence-corrected chi connectivity index (χ3v) is 19.2. The highest BCUT2D eigenvalue weighted by Gasteiger charge is 2.36. The molecule has 0 spiro atoms. The van der Waals surface area contributed by atoms with E-state index in [1.165, 1.54) is 33.0 Å². The highest BCUT2D eigenvalue weighted by Crippen LogP contribution is 2.50. The monoisotopic (exact) mass is 1140 g/mol. The Bertz CT molecular complexity index is 6340. The average Bonchev–Trinajstić information content (AvgIpc) is 1.61. The number of rotatable bonds is 5. The van der Waals surface area contributed by atoms with E-state index in [2.05, 4.69) is 274 Å². The van der Waals surface area contributed by atoms with Crippen molar-refractivity contribution in [1.29, 1.82) is 0 Å². The Balaban J connectivity index is 0.729. The lowest BCUT2D eigenvalue weighted by Gasteiger charge is -2.22. The molecular formula is C79H48N10. The lowest BCUT2D eigenvalue weighted by atomic mass is 9.82. The molecule has 0 aliphatic heterocycles. The molecule has 20 rings (SSSR count). The zero-order valence-electron chi connectivity index (χ0n) is 48.2. The predicted molar refractivity (Wildman–Crippen MR) is 363 cm³/mol. The van der Waals surface area contributed by atoms with Crippen molar-refractivity contribution in [2.24, 2.45) is 0 Å². The van der Waals surface area contributed by atoms with E-state index in [1.807, 2.05) is 12.3 Å². The summed E-state index contributed by atoms with van der Waals surface area (Å²) in [6.07, 6.45) is 1.83. The Hall–Kier alpha value is -11.9. The van der Waals surface area contributed by atoms with Crippen LogP contribution in [-0.4, -0.2) is 47.8 Å². The van der Waals surface area contributed by atoms with Gasteiger partial charge >= 0.3 is 0 Å². The van der Waals surface area contributed by atoms with Gasteiger partial charge in [0.25, 0.3) is 0 Å². The molecule has 89 heavy (non-hydrogen) atoms. The Morgan fingerprint density at radius 1 is 0.315 bits per heavy atom. The van der Waals surface area contributed by atoms with Crippen LogP contribution in [-0.2, 0) is 5.41 Å². The van der Waals surface area contributed by atoms with Crippen molar-refractivity contribution in [3.63, 3.8) is 0 Å². The first-order valence-corrected chi connectivity index (χ1v) is 30.3. The van der Waals surface area contributed by atoms with Gasteiger partial charge in [-0.15, -0.1) is 0 Å². The maximum Gasteiger partial charge on any atom is 0.237 e. The van der Waals surface area contributed by atoms with E-state index in [4.69, 9.17) is 29.9 Å². The zero-order chi connectivity index (χ0) is 58.4. The number of para-hydroxylation sites is 5. The summed E-state index contributed by atoms with van der Waals surface area (Å²) < 4.78 is 9.08. The number of hydrogen-bond acceptors (Lipinski definition) is 6. The molecule has 1 aliphatic carbocycles. The molecule has 0 fully saturated rings. The van der Waals surface area contributed by atoms with Crippen LogP contribution in [0.1, 0.15) is 25.0 Å². The summed E-state index contributed by atoms with van der Waals surface area (Å²) in [5.41, 5.74) is 22.5. The topological polar surface area (TPSA) is 96.0 Å². The first-order valence-electron chi connectivity index (χ1n) is 30.3. The van der Waals surface area contributed by atoms with Crippen LogP contribution in [0.15, 0.2) is 255 Å². The molecule has 0 radical (unpaired) electrons. The lowest BCUT2D eigenvalue weighted by molar-refractivity contribution is 0.660. The fourth-order valence-corrected chi connectivity index (χ4v) is 15.2. The Morgan fingerprint density at radius 2 is 0.854 bits per heavy atom. The van der Waals surface area contributed by atoms with E-state index >= 15 is 0 Å². The fraction of sp³-hybridized carbons (Fsp3) is 0.0380. The van der Waals surface area contributed by atoms with Gasteiger partial charge in [-0.25, -0.2) is 29.9 Å². The number of nitrogens with zero attached hydrogens (tertiary/aromatic N) is 10. The van der Waals surface area contributed by atoms with Gasteiger partial charge in [-0.1, -0.05) is 196 Å². The van der Waals surface area contributed by atoms with Gasteiger partial charge in [-0.05, 0) is 122 Å². The highest BCUT2D eigenvalue weighted by molar-refractivity contribution is 6.20. The van der Waals surface area contributed by atoms with Crippen molar-refractivity contribution in [2.75, 3.05) is 0 Å². The van der Waals surface area contributed by atoms with Crippen LogP contribution >= 0.6 is 0 Å². The van der Waals surface area contributed by atoms with Crippen LogP contribution in [0, 0.1) is 0 Å². The first-order chi connectivity index (χ1) is 43.9. The van der Waals surface area contributed by atoms with Crippen LogP contribution in [0.2, 0.25) is 0 Å². The van der Waals surface area contributed by atoms with Gasteiger partial charge in [-0.2, -0.15) is 0 Å². The maximum atomic E-state index is 5.67. The van der Waals surface area contributed by atoms with Crippen LogP contribution < -0.4 is 0 Å². The van der Waals surface area contributed by atoms with E-state index in [-0.39, 0.29) is 5.41 Å². The number of hydrogen-bond donors (Lipinski definition) is 0. The first kappa shape index (κ1) is 48.4. The van der Waals surface area contributed by atoms with Gasteiger partial charge in [0.2, 0.25) is 5.95 Å². The van der Waals surface area contributed by atoms with E-state index in [9.17, 15) is 0 Å². The second kappa shape index (κ2) is 17.6. The van der Waals surface area contributed by atoms with Gasteiger partial charge in [0.1, 0.15) is 28.1 Å². The van der Waals surface area contributed by atoms with E-state index in [1.54, 1.807) is 0 Å². The maximum absolute atomic E-state index is 5.67. The van der Waals surface area contributed by atoms with Crippen molar-refractivity contribution < 1.29 is 0 Å². The molecule has 9 heterocycles. The van der Waals surface area contributed by atoms with Gasteiger partial charge in [0, 0.05) is 60.3 Å². The molecule has 0 unspecified atom stereocenters. The summed E-state index contributed by atoms with van der Waals surface area (Å²) in [7, 11) is 0. The molecule has 10 aromatic carbocycles. The molecule has 0 atom stereocenters. The van der Waals surface area contributed by atoms with Gasteiger partial charge in [0.15, 0.2) is 16.9 Å². The molecule has 0 saturated heterocycles. The summed E-state index contributed by atoms with van der Waals surface area (Å²) in [6.45, 7) is 4.66. The number of pyridine rings is 4. The predicted octanol–water partition coefficient (Wildman–Crippen LogP) is 19.0. The Labute approximate surface area is 507 Å². The number of benzene rings is 10. The summed E-state index contributed by atoms with van der Waals surface area (Å²) in [6, 6.07) is 89.2. The SMILES string of the molecule is CC1(C)c2ccccc2-c2ccc(-c3nc(-n4c5ccccc5c5c4nc4c6ccc(-c7ccc(-c8cc(-n9c%10ccccc%10c%10c9nc9c%11ccccc%11c%11ccccc%11n9%10)nc9ncccc89)cc7)cc6c6ccccc6n45)nc4ccccc34)cc21. The fourth-order valence-electron chi connectivity index (χ4n) is 15.2. The minimum Gasteiger partial charge on any atom is -0.289 e. The quantitative estimate of drug-likeness (QED) is 0.159. The van der Waals surface area contributed by atoms with Gasteiger partial charge in [-0.3, -0.25) is 17.9 Å². The highest BCUT2D eigenvalue weighted by atomic mass is 15.2. The molecular weight excluding hydrogens is 1090 g/mol. The number of imidazole rings is 2. The second-order valence-corrected chi connectivity index (χ2v) is 24.2. The molecule has 0 N–H and O–H groups in total.